The minimum atomic E-state index is -2.68. The zero-order valence-electron chi connectivity index (χ0n) is 23.9. The van der Waals surface area contributed by atoms with E-state index in [0.29, 0.717) is 46.1 Å². The van der Waals surface area contributed by atoms with Crippen LogP contribution in [0.25, 0.3) is 11.4 Å². The van der Waals surface area contributed by atoms with Gasteiger partial charge in [-0.2, -0.15) is 5.10 Å². The van der Waals surface area contributed by atoms with Gasteiger partial charge in [0.1, 0.15) is 17.5 Å². The highest BCUT2D eigenvalue weighted by Gasteiger charge is 2.28. The van der Waals surface area contributed by atoms with Gasteiger partial charge in [-0.05, 0) is 49.1 Å². The number of aromatic amines is 1. The maximum Gasteiger partial charge on any atom is 0.254 e. The first-order valence-electron chi connectivity index (χ1n) is 13.7. The lowest BCUT2D eigenvalue weighted by Crippen LogP contribution is -2.20. The average molecular weight is 516 g/mol. The van der Waals surface area contributed by atoms with Crippen LogP contribution in [0.4, 0.5) is 23.0 Å². The van der Waals surface area contributed by atoms with Gasteiger partial charge in [0.25, 0.3) is 5.91 Å². The summed E-state index contributed by atoms with van der Waals surface area (Å²) in [6.07, 6.45) is 3.45. The van der Waals surface area contributed by atoms with Crippen molar-refractivity contribution in [2.24, 2.45) is 0 Å². The Labute approximate surface area is 223 Å². The van der Waals surface area contributed by atoms with Crippen LogP contribution >= 0.6 is 0 Å². The highest BCUT2D eigenvalue weighted by Crippen LogP contribution is 2.42. The fourth-order valence-corrected chi connectivity index (χ4v) is 4.39. The minimum Gasteiger partial charge on any atom is -0.494 e. The number of carbonyl (C=O) groups excluding carboxylic acids is 1. The van der Waals surface area contributed by atoms with E-state index in [4.69, 9.17) is 18.6 Å². The van der Waals surface area contributed by atoms with Crippen LogP contribution in [0.3, 0.4) is 0 Å². The summed E-state index contributed by atoms with van der Waals surface area (Å²) in [6, 6.07) is 9.12. The standard InChI is InChI=1S/C27H28N8O3/c1-14-4-7-22-31-21(14)13-38-12-15-8-17(26-33-25(34-35-26)16-5-6-16)24(37-3)20(9-15)30-19-10-23(32-22)29-11-18(19)27(36)28-2/h4,7-11,16,30H,5-6,12-13H2,1-3H3,(H,28,36)(H,29,31,32)(H,33,34,35)/i2D3. The van der Waals surface area contributed by atoms with Crippen LogP contribution in [0.5, 0.6) is 5.75 Å². The van der Waals surface area contributed by atoms with Gasteiger partial charge in [-0.1, -0.05) is 6.07 Å². The first-order chi connectivity index (χ1) is 19.7. The average Bonchev–Trinajstić information content (AvgIpc) is 3.65. The van der Waals surface area contributed by atoms with Crippen LogP contribution in [0.2, 0.25) is 0 Å². The molecule has 194 valence electrons. The molecule has 1 saturated carbocycles. The Hall–Kier alpha value is -4.51. The number of hydrogen-bond donors (Lipinski definition) is 4. The normalized spacial score (nSPS) is 16.1. The van der Waals surface area contributed by atoms with Crippen molar-refractivity contribution in [2.45, 2.75) is 38.9 Å². The van der Waals surface area contributed by atoms with Crippen LogP contribution in [-0.2, 0) is 18.0 Å². The van der Waals surface area contributed by atoms with Crippen molar-refractivity contribution in [2.75, 3.05) is 24.7 Å². The second kappa shape index (κ2) is 9.75. The van der Waals surface area contributed by atoms with Crippen molar-refractivity contribution >= 4 is 28.9 Å². The molecule has 4 aromatic rings. The number of hydrogen-bond acceptors (Lipinski definition) is 9. The number of nitrogens with zero attached hydrogens (tertiary/aromatic N) is 4. The summed E-state index contributed by atoms with van der Waals surface area (Å²) in [5, 5.41) is 15.9. The molecule has 38 heavy (non-hydrogen) atoms. The molecule has 1 fully saturated rings. The van der Waals surface area contributed by atoms with Gasteiger partial charge in [0.15, 0.2) is 11.6 Å². The molecule has 6 rings (SSSR count). The molecule has 2 aliphatic rings. The number of H-pyrrole nitrogens is 1. The van der Waals surface area contributed by atoms with E-state index < -0.39 is 12.9 Å². The maximum atomic E-state index is 13.0. The molecule has 11 heteroatoms. The van der Waals surface area contributed by atoms with E-state index in [2.05, 4.69) is 30.8 Å². The Morgan fingerprint density at radius 1 is 1.13 bits per heavy atom. The second-order valence-electron chi connectivity index (χ2n) is 9.31. The Morgan fingerprint density at radius 2 is 2.03 bits per heavy atom. The third-order valence-corrected chi connectivity index (χ3v) is 6.56. The maximum absolute atomic E-state index is 13.0. The van der Waals surface area contributed by atoms with Gasteiger partial charge in [-0.15, -0.1) is 0 Å². The predicted molar refractivity (Wildman–Crippen MR) is 142 cm³/mol. The van der Waals surface area contributed by atoms with Gasteiger partial charge in [0, 0.05) is 29.3 Å². The molecule has 4 N–H and O–H groups in total. The molecule has 1 aliphatic carbocycles. The van der Waals surface area contributed by atoms with Crippen LogP contribution in [0.1, 0.15) is 55.9 Å². The van der Waals surface area contributed by atoms with Crippen molar-refractivity contribution in [3.8, 4) is 17.1 Å². The lowest BCUT2D eigenvalue weighted by atomic mass is 10.1. The SMILES string of the molecule is [2H]C([2H])([2H])NC(=O)c1cnc2cc1Nc1cc(cc(-c3n[nH]c(C4CC4)n3)c1OC)COCc1nc(ccc1C)N2. The summed E-state index contributed by atoms with van der Waals surface area (Å²) in [4.78, 5) is 26.7. The number of fused-ring (bicyclic) bond motifs is 6. The van der Waals surface area contributed by atoms with Crippen LogP contribution in [0, 0.1) is 6.92 Å². The van der Waals surface area contributed by atoms with E-state index in [1.807, 2.05) is 36.5 Å². The Balaban J connectivity index is 1.49. The van der Waals surface area contributed by atoms with Crippen molar-refractivity contribution in [1.82, 2.24) is 30.5 Å². The molecule has 0 spiro atoms. The molecule has 1 aromatic carbocycles. The van der Waals surface area contributed by atoms with Crippen LogP contribution in [0.15, 0.2) is 36.5 Å². The van der Waals surface area contributed by atoms with Gasteiger partial charge in [-0.25, -0.2) is 15.0 Å². The third kappa shape index (κ3) is 4.63. The molecule has 1 aliphatic heterocycles. The summed E-state index contributed by atoms with van der Waals surface area (Å²) >= 11 is 0. The third-order valence-electron chi connectivity index (χ3n) is 6.56. The van der Waals surface area contributed by atoms with E-state index in [9.17, 15) is 4.79 Å². The van der Waals surface area contributed by atoms with Gasteiger partial charge in [-0.3, -0.25) is 9.89 Å². The van der Waals surface area contributed by atoms with Gasteiger partial charge < -0.3 is 25.4 Å². The molecule has 11 nitrogen and oxygen atoms in total. The number of nitrogens with one attached hydrogen (secondary N) is 4. The van der Waals surface area contributed by atoms with Crippen LogP contribution < -0.4 is 20.7 Å². The number of ether oxygens (including phenoxy) is 2. The quantitative estimate of drug-likeness (QED) is 0.313. The first kappa shape index (κ1) is 20.5. The molecule has 0 saturated heterocycles. The van der Waals surface area contributed by atoms with Crippen molar-refractivity contribution in [3.63, 3.8) is 0 Å². The molecule has 4 heterocycles. The van der Waals surface area contributed by atoms with Crippen molar-refractivity contribution < 1.29 is 18.4 Å². The highest BCUT2D eigenvalue weighted by molar-refractivity contribution is 6.00. The largest absolute Gasteiger partial charge is 0.494 e. The van der Waals surface area contributed by atoms with Crippen molar-refractivity contribution in [1.29, 1.82) is 0 Å². The number of anilines is 4. The topological polar surface area (TPSA) is 139 Å². The molecule has 0 unspecified atom stereocenters. The first-order valence-corrected chi connectivity index (χ1v) is 12.2. The second-order valence-corrected chi connectivity index (χ2v) is 9.31. The van der Waals surface area contributed by atoms with E-state index in [-0.39, 0.29) is 18.8 Å². The fourth-order valence-electron chi connectivity index (χ4n) is 4.39. The predicted octanol–water partition coefficient (Wildman–Crippen LogP) is 4.33. The number of aromatic nitrogens is 5. The van der Waals surface area contributed by atoms with Crippen LogP contribution in [-0.4, -0.2) is 45.1 Å². The van der Waals surface area contributed by atoms with E-state index >= 15 is 0 Å². The molecule has 3 aromatic heterocycles. The fraction of sp³-hybridized carbons (Fsp3) is 0.296. The number of aryl methyl sites for hydroxylation is 1. The number of benzene rings is 1. The smallest absolute Gasteiger partial charge is 0.254 e. The summed E-state index contributed by atoms with van der Waals surface area (Å²) in [6.45, 7) is -0.192. The molecular formula is C27H28N8O3. The molecule has 1 amide bonds. The number of carbonyl (C=O) groups is 1. The summed E-state index contributed by atoms with van der Waals surface area (Å²) in [7, 11) is 1.54. The van der Waals surface area contributed by atoms with Crippen molar-refractivity contribution in [3.05, 3.63) is 64.7 Å². The molecular weight excluding hydrogens is 484 g/mol. The zero-order valence-corrected chi connectivity index (χ0v) is 20.9. The zero-order chi connectivity index (χ0) is 28.7. The molecule has 0 atom stereocenters. The van der Waals surface area contributed by atoms with Gasteiger partial charge in [0.05, 0.1) is 48.5 Å². The minimum absolute atomic E-state index is 0.0236. The number of amides is 1. The van der Waals surface area contributed by atoms with Gasteiger partial charge in [0.2, 0.25) is 0 Å². The highest BCUT2D eigenvalue weighted by atomic mass is 16.5. The summed E-state index contributed by atoms with van der Waals surface area (Å²) in [5.74, 6) is 2.23. The monoisotopic (exact) mass is 515 g/mol. The number of pyridine rings is 2. The van der Waals surface area contributed by atoms with E-state index in [1.54, 1.807) is 6.07 Å². The Morgan fingerprint density at radius 3 is 2.84 bits per heavy atom. The number of methoxy groups -OCH3 is 1. The Kier molecular flexibility index (Phi) is 5.27. The van der Waals surface area contributed by atoms with Gasteiger partial charge >= 0.3 is 0 Å². The van der Waals surface area contributed by atoms with E-state index in [1.165, 1.54) is 13.3 Å². The lowest BCUT2D eigenvalue weighted by Gasteiger charge is -2.19. The summed E-state index contributed by atoms with van der Waals surface area (Å²) < 4.78 is 34.4. The Bertz CT molecular complexity index is 1630. The lowest BCUT2D eigenvalue weighted by molar-refractivity contribution is 0.0963. The molecule has 0 radical (unpaired) electrons. The molecule has 6 bridgehead atoms. The summed E-state index contributed by atoms with van der Waals surface area (Å²) in [5.41, 5.74) is 3.98. The van der Waals surface area contributed by atoms with E-state index in [0.717, 1.165) is 35.5 Å². The number of rotatable bonds is 4.